The summed E-state index contributed by atoms with van der Waals surface area (Å²) in [7, 11) is -1.44. The Labute approximate surface area is 126 Å². The van der Waals surface area contributed by atoms with E-state index in [1.165, 1.54) is 4.31 Å². The van der Waals surface area contributed by atoms with Crippen molar-refractivity contribution in [1.29, 1.82) is 0 Å². The van der Waals surface area contributed by atoms with Gasteiger partial charge in [0.15, 0.2) is 0 Å². The summed E-state index contributed by atoms with van der Waals surface area (Å²) < 4.78 is 26.7. The second-order valence-corrected chi connectivity index (χ2v) is 7.11. The molecule has 0 bridgehead atoms. The molecule has 1 atom stereocenters. The van der Waals surface area contributed by atoms with Gasteiger partial charge in [-0.15, -0.1) is 0 Å². The number of piperazine rings is 1. The van der Waals surface area contributed by atoms with Crippen molar-refractivity contribution in [2.24, 2.45) is 0 Å². The second-order valence-electron chi connectivity index (χ2n) is 5.18. The number of benzene rings is 1. The van der Waals surface area contributed by atoms with Gasteiger partial charge in [0.05, 0.1) is 4.90 Å². The number of hydrogen-bond acceptors (Lipinski definition) is 4. The lowest BCUT2D eigenvalue weighted by atomic mass is 10.2. The number of sulfonamides is 1. The van der Waals surface area contributed by atoms with Crippen LogP contribution in [0.2, 0.25) is 0 Å². The SMILES string of the molecule is CC1CN(S(=O)(=O)c2ccc(C#CCO)cc2)CCN1C. The van der Waals surface area contributed by atoms with Crippen LogP contribution >= 0.6 is 0 Å². The van der Waals surface area contributed by atoms with Crippen LogP contribution in [0.15, 0.2) is 29.2 Å². The minimum absolute atomic E-state index is 0.209. The summed E-state index contributed by atoms with van der Waals surface area (Å²) in [6, 6.07) is 6.67. The lowest BCUT2D eigenvalue weighted by molar-refractivity contribution is 0.159. The maximum atomic E-state index is 12.6. The van der Waals surface area contributed by atoms with Crippen LogP contribution in [0, 0.1) is 11.8 Å². The first-order chi connectivity index (χ1) is 9.95. The minimum Gasteiger partial charge on any atom is -0.384 e. The van der Waals surface area contributed by atoms with Gasteiger partial charge in [0, 0.05) is 31.2 Å². The van der Waals surface area contributed by atoms with Crippen LogP contribution in [-0.2, 0) is 10.0 Å². The van der Waals surface area contributed by atoms with E-state index in [0.29, 0.717) is 18.7 Å². The van der Waals surface area contributed by atoms with E-state index in [9.17, 15) is 8.42 Å². The molecule has 0 saturated carbocycles. The first-order valence-electron chi connectivity index (χ1n) is 6.85. The largest absolute Gasteiger partial charge is 0.384 e. The fraction of sp³-hybridized carbons (Fsp3) is 0.467. The molecule has 1 saturated heterocycles. The molecule has 1 aliphatic rings. The van der Waals surface area contributed by atoms with Crippen molar-refractivity contribution < 1.29 is 13.5 Å². The Hall–Kier alpha value is -1.39. The van der Waals surface area contributed by atoms with E-state index in [2.05, 4.69) is 16.7 Å². The standard InChI is InChI=1S/C15H20N2O3S/c1-13-12-17(10-9-16(13)2)21(19,20)15-7-5-14(6-8-15)4-3-11-18/h5-8,13,18H,9-12H2,1-2H3. The van der Waals surface area contributed by atoms with Gasteiger partial charge in [-0.25, -0.2) is 8.42 Å². The highest BCUT2D eigenvalue weighted by molar-refractivity contribution is 7.89. The van der Waals surface area contributed by atoms with Gasteiger partial charge < -0.3 is 10.0 Å². The average Bonchev–Trinajstić information content (AvgIpc) is 2.48. The van der Waals surface area contributed by atoms with Gasteiger partial charge in [0.25, 0.3) is 0 Å². The van der Waals surface area contributed by atoms with E-state index in [0.717, 1.165) is 6.54 Å². The third kappa shape index (κ3) is 3.63. The lowest BCUT2D eigenvalue weighted by Gasteiger charge is -2.36. The quantitative estimate of drug-likeness (QED) is 0.801. The Kier molecular flexibility index (Phi) is 5.01. The minimum atomic E-state index is -3.45. The molecule has 1 fully saturated rings. The van der Waals surface area contributed by atoms with E-state index < -0.39 is 10.0 Å². The van der Waals surface area contributed by atoms with Crippen molar-refractivity contribution in [3.8, 4) is 11.8 Å². The smallest absolute Gasteiger partial charge is 0.243 e. The molecule has 1 unspecified atom stereocenters. The Morgan fingerprint density at radius 2 is 1.95 bits per heavy atom. The molecule has 1 aliphatic heterocycles. The summed E-state index contributed by atoms with van der Waals surface area (Å²) in [6.45, 7) is 3.56. The van der Waals surface area contributed by atoms with Gasteiger partial charge in [-0.1, -0.05) is 11.8 Å². The Morgan fingerprint density at radius 3 is 2.52 bits per heavy atom. The Bertz CT molecular complexity index is 644. The third-order valence-corrected chi connectivity index (χ3v) is 5.61. The number of rotatable bonds is 2. The molecule has 0 radical (unpaired) electrons. The predicted octanol–water partition coefficient (Wildman–Crippen LogP) is 0.355. The molecule has 0 spiro atoms. The fourth-order valence-corrected chi connectivity index (χ4v) is 3.75. The van der Waals surface area contributed by atoms with E-state index in [1.807, 2.05) is 14.0 Å². The molecule has 1 N–H and O–H groups in total. The number of aliphatic hydroxyl groups is 1. The molecule has 0 aromatic heterocycles. The first-order valence-corrected chi connectivity index (χ1v) is 8.29. The normalized spacial score (nSPS) is 20.8. The van der Waals surface area contributed by atoms with Gasteiger partial charge in [0.2, 0.25) is 10.0 Å². The molecular weight excluding hydrogens is 288 g/mol. The predicted molar refractivity (Wildman–Crippen MR) is 81.3 cm³/mol. The van der Waals surface area contributed by atoms with Crippen LogP contribution in [0.1, 0.15) is 12.5 Å². The molecule has 1 aromatic carbocycles. The maximum absolute atomic E-state index is 12.6. The molecule has 0 aliphatic carbocycles. The molecule has 5 nitrogen and oxygen atoms in total. The summed E-state index contributed by atoms with van der Waals surface area (Å²) in [5.74, 6) is 5.29. The zero-order valence-electron chi connectivity index (χ0n) is 12.3. The molecule has 1 heterocycles. The van der Waals surface area contributed by atoms with Gasteiger partial charge in [-0.3, -0.25) is 0 Å². The van der Waals surface area contributed by atoms with Crippen molar-refractivity contribution in [2.45, 2.75) is 17.9 Å². The lowest BCUT2D eigenvalue weighted by Crippen LogP contribution is -2.51. The Balaban J connectivity index is 2.20. The van der Waals surface area contributed by atoms with Gasteiger partial charge >= 0.3 is 0 Å². The highest BCUT2D eigenvalue weighted by Crippen LogP contribution is 2.19. The number of nitrogens with zero attached hydrogens (tertiary/aromatic N) is 2. The molecule has 0 amide bonds. The van der Waals surface area contributed by atoms with Crippen molar-refractivity contribution in [1.82, 2.24) is 9.21 Å². The highest BCUT2D eigenvalue weighted by Gasteiger charge is 2.30. The highest BCUT2D eigenvalue weighted by atomic mass is 32.2. The zero-order valence-corrected chi connectivity index (χ0v) is 13.1. The molecule has 21 heavy (non-hydrogen) atoms. The van der Waals surface area contributed by atoms with Gasteiger partial charge in [-0.05, 0) is 38.2 Å². The van der Waals surface area contributed by atoms with Gasteiger partial charge in [0.1, 0.15) is 6.61 Å². The summed E-state index contributed by atoms with van der Waals surface area (Å²) in [6.07, 6.45) is 0. The summed E-state index contributed by atoms with van der Waals surface area (Å²) >= 11 is 0. The summed E-state index contributed by atoms with van der Waals surface area (Å²) in [5.41, 5.74) is 0.690. The van der Waals surface area contributed by atoms with Crippen LogP contribution in [0.3, 0.4) is 0 Å². The Morgan fingerprint density at radius 1 is 1.29 bits per heavy atom. The molecule has 1 aromatic rings. The average molecular weight is 308 g/mol. The number of hydrogen-bond donors (Lipinski definition) is 1. The number of aliphatic hydroxyl groups excluding tert-OH is 1. The fourth-order valence-electron chi connectivity index (χ4n) is 2.23. The van der Waals surface area contributed by atoms with Crippen LogP contribution in [0.25, 0.3) is 0 Å². The maximum Gasteiger partial charge on any atom is 0.243 e. The van der Waals surface area contributed by atoms with Crippen molar-refractivity contribution in [2.75, 3.05) is 33.3 Å². The van der Waals surface area contributed by atoms with E-state index in [1.54, 1.807) is 24.3 Å². The molecule has 6 heteroatoms. The molecule has 114 valence electrons. The van der Waals surface area contributed by atoms with E-state index >= 15 is 0 Å². The van der Waals surface area contributed by atoms with Gasteiger partial charge in [-0.2, -0.15) is 4.31 Å². The van der Waals surface area contributed by atoms with Crippen LogP contribution in [0.4, 0.5) is 0 Å². The number of likely N-dealkylation sites (N-methyl/N-ethyl adjacent to an activating group) is 1. The molecular formula is C15H20N2O3S. The monoisotopic (exact) mass is 308 g/mol. The summed E-state index contributed by atoms with van der Waals surface area (Å²) in [5, 5.41) is 8.65. The topological polar surface area (TPSA) is 60.9 Å². The van der Waals surface area contributed by atoms with Crippen LogP contribution in [-0.4, -0.2) is 62.1 Å². The van der Waals surface area contributed by atoms with Crippen molar-refractivity contribution >= 4 is 10.0 Å². The van der Waals surface area contributed by atoms with Crippen molar-refractivity contribution in [3.05, 3.63) is 29.8 Å². The third-order valence-electron chi connectivity index (χ3n) is 3.73. The van der Waals surface area contributed by atoms with Crippen LogP contribution in [0.5, 0.6) is 0 Å². The van der Waals surface area contributed by atoms with E-state index in [-0.39, 0.29) is 17.5 Å². The molecule has 2 rings (SSSR count). The first kappa shape index (κ1) is 16.0. The summed E-state index contributed by atoms with van der Waals surface area (Å²) in [4.78, 5) is 2.44. The zero-order chi connectivity index (χ0) is 15.5. The van der Waals surface area contributed by atoms with E-state index in [4.69, 9.17) is 5.11 Å². The van der Waals surface area contributed by atoms with Crippen LogP contribution < -0.4 is 0 Å². The van der Waals surface area contributed by atoms with Crippen molar-refractivity contribution in [3.63, 3.8) is 0 Å². The second kappa shape index (κ2) is 6.58.